The summed E-state index contributed by atoms with van der Waals surface area (Å²) in [5, 5.41) is 1.18. The van der Waals surface area contributed by atoms with E-state index in [4.69, 9.17) is 0 Å². The zero-order valence-electron chi connectivity index (χ0n) is 19.4. The third kappa shape index (κ3) is 3.80. The van der Waals surface area contributed by atoms with E-state index in [1.54, 1.807) is 0 Å². The normalized spacial score (nSPS) is 21.3. The molecule has 1 fully saturated rings. The number of aromatic amines is 1. The third-order valence-corrected chi connectivity index (χ3v) is 7.54. The Kier molecular flexibility index (Phi) is 5.67. The molecule has 33 heavy (non-hydrogen) atoms. The number of aromatic nitrogens is 1. The lowest BCUT2D eigenvalue weighted by Gasteiger charge is -2.43. The van der Waals surface area contributed by atoms with Gasteiger partial charge in [0.2, 0.25) is 11.8 Å². The van der Waals surface area contributed by atoms with Crippen LogP contribution in [0.15, 0.2) is 60.7 Å². The zero-order valence-corrected chi connectivity index (χ0v) is 19.4. The van der Waals surface area contributed by atoms with Gasteiger partial charge in [-0.05, 0) is 62.5 Å². The van der Waals surface area contributed by atoms with Gasteiger partial charge in [-0.3, -0.25) is 19.4 Å². The number of imide groups is 1. The van der Waals surface area contributed by atoms with Crippen LogP contribution >= 0.6 is 0 Å². The lowest BCUT2D eigenvalue weighted by Crippen LogP contribution is -2.42. The molecule has 5 rings (SSSR count). The lowest BCUT2D eigenvalue weighted by atomic mass is 9.75. The molecule has 1 aliphatic carbocycles. The van der Waals surface area contributed by atoms with Crippen LogP contribution in [-0.2, 0) is 21.5 Å². The number of amides is 2. The van der Waals surface area contributed by atoms with Crippen LogP contribution in [0.5, 0.6) is 0 Å². The van der Waals surface area contributed by atoms with Crippen LogP contribution in [0.2, 0.25) is 0 Å². The Bertz CT molecular complexity index is 1210. The highest BCUT2D eigenvalue weighted by Crippen LogP contribution is 2.43. The van der Waals surface area contributed by atoms with Crippen LogP contribution in [0, 0.1) is 0 Å². The van der Waals surface area contributed by atoms with Crippen molar-refractivity contribution in [2.45, 2.75) is 44.1 Å². The Morgan fingerprint density at radius 2 is 1.64 bits per heavy atom. The first-order chi connectivity index (χ1) is 16.0. The molecule has 0 saturated carbocycles. The van der Waals surface area contributed by atoms with Crippen molar-refractivity contribution >= 4 is 28.3 Å². The minimum atomic E-state index is -0.0445. The Morgan fingerprint density at radius 1 is 0.939 bits per heavy atom. The summed E-state index contributed by atoms with van der Waals surface area (Å²) in [4.78, 5) is 31.7. The molecule has 1 N–H and O–H groups in total. The van der Waals surface area contributed by atoms with Crippen LogP contribution in [0.1, 0.15) is 48.9 Å². The van der Waals surface area contributed by atoms with Crippen molar-refractivity contribution < 1.29 is 9.59 Å². The van der Waals surface area contributed by atoms with E-state index >= 15 is 0 Å². The lowest BCUT2D eigenvalue weighted by molar-refractivity contribution is -0.138. The molecular formula is C28H31N3O2. The molecule has 0 spiro atoms. The van der Waals surface area contributed by atoms with Gasteiger partial charge in [-0.25, -0.2) is 0 Å². The third-order valence-electron chi connectivity index (χ3n) is 7.54. The second-order valence-electron chi connectivity index (χ2n) is 9.44. The summed E-state index contributed by atoms with van der Waals surface area (Å²) in [6.07, 6.45) is 6.69. The predicted molar refractivity (Wildman–Crippen MR) is 132 cm³/mol. The first-order valence-electron chi connectivity index (χ1n) is 11.8. The molecule has 2 heterocycles. The number of H-pyrrole nitrogens is 1. The van der Waals surface area contributed by atoms with Crippen molar-refractivity contribution in [1.29, 1.82) is 0 Å². The first-order valence-corrected chi connectivity index (χ1v) is 11.8. The second-order valence-corrected chi connectivity index (χ2v) is 9.44. The number of allylic oxidation sites excluding steroid dienone is 1. The number of para-hydroxylation sites is 1. The van der Waals surface area contributed by atoms with Crippen LogP contribution in [0.3, 0.4) is 0 Å². The molecule has 0 bridgehead atoms. The van der Waals surface area contributed by atoms with Gasteiger partial charge in [-0.15, -0.1) is 0 Å². The van der Waals surface area contributed by atoms with Crippen molar-refractivity contribution in [3.63, 3.8) is 0 Å². The number of likely N-dealkylation sites (tertiary alicyclic amines) is 1. The second kappa shape index (κ2) is 8.64. The topological polar surface area (TPSA) is 56.4 Å². The van der Waals surface area contributed by atoms with E-state index in [9.17, 15) is 9.59 Å². The molecule has 2 aliphatic rings. The van der Waals surface area contributed by atoms with Gasteiger partial charge >= 0.3 is 0 Å². The molecular weight excluding hydrogens is 410 g/mol. The fraction of sp³-hybridized carbons (Fsp3) is 0.357. The number of carbonyl (C=O) groups excluding carboxylic acids is 2. The van der Waals surface area contributed by atoms with E-state index in [0.29, 0.717) is 25.8 Å². The summed E-state index contributed by atoms with van der Waals surface area (Å²) in [6, 6.07) is 19.1. The molecule has 1 saturated heterocycles. The largest absolute Gasteiger partial charge is 0.355 e. The first kappa shape index (κ1) is 21.7. The number of nitrogens with one attached hydrogen (secondary N) is 1. The van der Waals surface area contributed by atoms with Crippen LogP contribution in [0.4, 0.5) is 0 Å². The molecule has 0 radical (unpaired) electrons. The maximum absolute atomic E-state index is 12.1. The Labute approximate surface area is 195 Å². The summed E-state index contributed by atoms with van der Waals surface area (Å²) in [7, 11) is 4.34. The summed E-state index contributed by atoms with van der Waals surface area (Å²) >= 11 is 0. The molecule has 3 aromatic rings. The Morgan fingerprint density at radius 3 is 2.30 bits per heavy atom. The summed E-state index contributed by atoms with van der Waals surface area (Å²) in [6.45, 7) is 0.450. The average molecular weight is 442 g/mol. The van der Waals surface area contributed by atoms with Crippen molar-refractivity contribution in [1.82, 2.24) is 14.8 Å². The Hall–Kier alpha value is -3.18. The van der Waals surface area contributed by atoms with Crippen molar-refractivity contribution in [3.05, 3.63) is 77.5 Å². The summed E-state index contributed by atoms with van der Waals surface area (Å²) in [5.74, 6) is -0.0891. The monoisotopic (exact) mass is 441 g/mol. The maximum atomic E-state index is 12.1. The van der Waals surface area contributed by atoms with Crippen LogP contribution in [0.25, 0.3) is 16.5 Å². The number of benzene rings is 2. The van der Waals surface area contributed by atoms with Gasteiger partial charge in [0.1, 0.15) is 0 Å². The predicted octanol–water partition coefficient (Wildman–Crippen LogP) is 4.88. The van der Waals surface area contributed by atoms with Crippen LogP contribution < -0.4 is 0 Å². The fourth-order valence-electron chi connectivity index (χ4n) is 5.57. The quantitative estimate of drug-likeness (QED) is 0.555. The number of rotatable bonds is 6. The molecule has 2 amide bonds. The Balaban J connectivity index is 1.48. The molecule has 1 aliphatic heterocycles. The molecule has 5 nitrogen and oxygen atoms in total. The van der Waals surface area contributed by atoms with Gasteiger partial charge in [0.25, 0.3) is 0 Å². The minimum Gasteiger partial charge on any atom is -0.355 e. The highest BCUT2D eigenvalue weighted by molar-refractivity contribution is 6.02. The van der Waals surface area contributed by atoms with Gasteiger partial charge in [-0.2, -0.15) is 0 Å². The molecule has 1 unspecified atom stereocenters. The van der Waals surface area contributed by atoms with Crippen LogP contribution in [-0.4, -0.2) is 47.2 Å². The number of hydrogen-bond acceptors (Lipinski definition) is 3. The van der Waals surface area contributed by atoms with E-state index < -0.39 is 0 Å². The van der Waals surface area contributed by atoms with Crippen molar-refractivity contribution in [3.8, 4) is 0 Å². The molecule has 2 aromatic carbocycles. The molecule has 170 valence electrons. The number of carbonyl (C=O) groups is 2. The number of fused-ring (bicyclic) bond motifs is 1. The molecule has 1 aromatic heterocycles. The highest BCUT2D eigenvalue weighted by atomic mass is 16.2. The standard InChI is InChI=1S/C28H31N3O2/c1-30(2)28(21-8-4-3-5-9-21)17-14-20(15-18-28)27-23(22-10-6-7-11-24(22)29-27)16-19-31-25(32)12-13-26(31)33/h3-11,14,29H,12-13,15-19H2,1-2H3. The van der Waals surface area contributed by atoms with Gasteiger partial charge < -0.3 is 4.98 Å². The molecule has 1 atom stereocenters. The van der Waals surface area contributed by atoms with Gasteiger partial charge in [-0.1, -0.05) is 54.6 Å². The number of hydrogen-bond donors (Lipinski definition) is 1. The highest BCUT2D eigenvalue weighted by Gasteiger charge is 2.37. The van der Waals surface area contributed by atoms with E-state index in [0.717, 1.165) is 30.5 Å². The minimum absolute atomic E-state index is 0.00860. The van der Waals surface area contributed by atoms with Gasteiger partial charge in [0, 0.05) is 41.5 Å². The van der Waals surface area contributed by atoms with Gasteiger partial charge in [0.05, 0.1) is 0 Å². The SMILES string of the molecule is CN(C)C1(c2ccccc2)CC=C(c2[nH]c3ccccc3c2CCN2C(=O)CCC2=O)CC1. The van der Waals surface area contributed by atoms with E-state index in [1.165, 1.54) is 27.0 Å². The fourth-order valence-corrected chi connectivity index (χ4v) is 5.57. The molecule has 5 heteroatoms. The van der Waals surface area contributed by atoms with E-state index in [2.05, 4.69) is 78.6 Å². The van der Waals surface area contributed by atoms with Crippen molar-refractivity contribution in [2.75, 3.05) is 20.6 Å². The zero-order chi connectivity index (χ0) is 23.0. The summed E-state index contributed by atoms with van der Waals surface area (Å²) in [5.41, 5.74) is 6.15. The maximum Gasteiger partial charge on any atom is 0.229 e. The summed E-state index contributed by atoms with van der Waals surface area (Å²) < 4.78 is 0. The smallest absolute Gasteiger partial charge is 0.229 e. The van der Waals surface area contributed by atoms with Crippen molar-refractivity contribution in [2.24, 2.45) is 0 Å². The van der Waals surface area contributed by atoms with E-state index in [-0.39, 0.29) is 17.4 Å². The number of nitrogens with zero attached hydrogens (tertiary/aromatic N) is 2. The van der Waals surface area contributed by atoms with Gasteiger partial charge in [0.15, 0.2) is 0 Å². The van der Waals surface area contributed by atoms with E-state index in [1.807, 2.05) is 6.07 Å². The average Bonchev–Trinajstić information content (AvgIpc) is 3.37.